The molecule has 0 aromatic heterocycles. The molecule has 1 N–H and O–H groups in total. The van der Waals surface area contributed by atoms with Gasteiger partial charge in [-0.25, -0.2) is 0 Å². The first-order valence-electron chi connectivity index (χ1n) is 5.33. The summed E-state index contributed by atoms with van der Waals surface area (Å²) in [6.45, 7) is 1.81. The number of aliphatic hydroxyl groups excluding tert-OH is 1. The van der Waals surface area contributed by atoms with Gasteiger partial charge in [0.15, 0.2) is 0 Å². The second-order valence-electron chi connectivity index (χ2n) is 3.76. The topological polar surface area (TPSA) is 29.5 Å². The van der Waals surface area contributed by atoms with Crippen LogP contribution in [0.15, 0.2) is 18.2 Å². The third-order valence-electron chi connectivity index (χ3n) is 2.49. The summed E-state index contributed by atoms with van der Waals surface area (Å²) in [6.07, 6.45) is -4.67. The van der Waals surface area contributed by atoms with E-state index in [1.165, 1.54) is 19.2 Å². The van der Waals surface area contributed by atoms with Gasteiger partial charge in [-0.05, 0) is 24.1 Å². The number of hydrogen-bond donors (Lipinski definition) is 1. The molecule has 1 unspecified atom stereocenters. The Hall–Kier alpha value is -1.23. The van der Waals surface area contributed by atoms with Crippen molar-refractivity contribution in [1.29, 1.82) is 0 Å². The Morgan fingerprint density at radius 1 is 1.35 bits per heavy atom. The van der Waals surface area contributed by atoms with Crippen molar-refractivity contribution in [3.63, 3.8) is 0 Å². The first-order chi connectivity index (χ1) is 7.90. The molecule has 0 radical (unpaired) electrons. The summed E-state index contributed by atoms with van der Waals surface area (Å²) in [6, 6.07) is 3.60. The Morgan fingerprint density at radius 3 is 2.47 bits per heavy atom. The Balaban J connectivity index is 3.20. The predicted molar refractivity (Wildman–Crippen MR) is 57.9 cm³/mol. The highest BCUT2D eigenvalue weighted by atomic mass is 19.4. The second kappa shape index (κ2) is 5.40. The van der Waals surface area contributed by atoms with E-state index in [9.17, 15) is 18.3 Å². The van der Waals surface area contributed by atoms with E-state index in [1.54, 1.807) is 6.92 Å². The van der Waals surface area contributed by atoms with Gasteiger partial charge >= 0.3 is 6.18 Å². The number of benzene rings is 1. The molecule has 0 aliphatic rings. The van der Waals surface area contributed by atoms with Gasteiger partial charge in [0.25, 0.3) is 0 Å². The maximum Gasteiger partial charge on any atom is 0.416 e. The first kappa shape index (κ1) is 13.8. The lowest BCUT2D eigenvalue weighted by Gasteiger charge is -2.18. The van der Waals surface area contributed by atoms with Crippen molar-refractivity contribution in [2.24, 2.45) is 0 Å². The van der Waals surface area contributed by atoms with Gasteiger partial charge in [0.05, 0.1) is 18.8 Å². The lowest BCUT2D eigenvalue weighted by Crippen LogP contribution is -2.12. The van der Waals surface area contributed by atoms with Gasteiger partial charge in [0.2, 0.25) is 0 Å². The van der Waals surface area contributed by atoms with E-state index in [-0.39, 0.29) is 11.3 Å². The Kier molecular flexibility index (Phi) is 4.40. The molecule has 0 aliphatic carbocycles. The molecule has 0 bridgehead atoms. The molecule has 0 amide bonds. The molecule has 1 aromatic carbocycles. The molecule has 0 saturated carbocycles. The normalized spacial score (nSPS) is 13.5. The van der Waals surface area contributed by atoms with Crippen LogP contribution in [0.2, 0.25) is 0 Å². The molecule has 0 saturated heterocycles. The van der Waals surface area contributed by atoms with Gasteiger partial charge < -0.3 is 9.84 Å². The highest BCUT2D eigenvalue weighted by Gasteiger charge is 2.35. The highest BCUT2D eigenvalue weighted by Crippen LogP contribution is 2.37. The van der Waals surface area contributed by atoms with E-state index in [1.807, 2.05) is 0 Å². The lowest BCUT2D eigenvalue weighted by molar-refractivity contribution is -0.139. The van der Waals surface area contributed by atoms with Crippen LogP contribution in [0.3, 0.4) is 0 Å². The monoisotopic (exact) mass is 248 g/mol. The molecule has 2 nitrogen and oxygen atoms in total. The number of alkyl halides is 3. The van der Waals surface area contributed by atoms with Crippen LogP contribution in [0, 0.1) is 0 Å². The van der Waals surface area contributed by atoms with Crippen LogP contribution in [0.4, 0.5) is 13.2 Å². The molecule has 1 atom stereocenters. The number of aliphatic hydroxyl groups is 1. The molecule has 5 heteroatoms. The van der Waals surface area contributed by atoms with Crippen molar-refractivity contribution in [2.75, 3.05) is 7.11 Å². The van der Waals surface area contributed by atoms with Crippen LogP contribution in [-0.2, 0) is 6.18 Å². The van der Waals surface area contributed by atoms with E-state index in [0.29, 0.717) is 12.8 Å². The van der Waals surface area contributed by atoms with E-state index in [2.05, 4.69) is 0 Å². The highest BCUT2D eigenvalue weighted by molar-refractivity contribution is 5.38. The fourth-order valence-corrected chi connectivity index (χ4v) is 1.63. The molecule has 96 valence electrons. The fourth-order valence-electron chi connectivity index (χ4n) is 1.63. The number of methoxy groups -OCH3 is 1. The molecule has 1 rings (SSSR count). The number of halogens is 3. The van der Waals surface area contributed by atoms with Crippen molar-refractivity contribution < 1.29 is 23.0 Å². The fraction of sp³-hybridized carbons (Fsp3) is 0.500. The summed E-state index contributed by atoms with van der Waals surface area (Å²) in [5.74, 6) is 0.129. The minimum Gasteiger partial charge on any atom is -0.497 e. The Morgan fingerprint density at radius 2 is 2.00 bits per heavy atom. The molecular weight excluding hydrogens is 233 g/mol. The van der Waals surface area contributed by atoms with E-state index in [0.717, 1.165) is 6.07 Å². The maximum atomic E-state index is 12.8. The van der Waals surface area contributed by atoms with E-state index in [4.69, 9.17) is 4.74 Å². The molecule has 0 aliphatic heterocycles. The predicted octanol–water partition coefficient (Wildman–Crippen LogP) is 3.55. The average molecular weight is 248 g/mol. The standard InChI is InChI=1S/C12H15F3O2/c1-3-4-11(16)9-6-5-8(17-2)7-10(9)12(13,14)15/h5-7,11,16H,3-4H2,1-2H3. The number of rotatable bonds is 4. The first-order valence-corrected chi connectivity index (χ1v) is 5.33. The van der Waals surface area contributed by atoms with Gasteiger partial charge in [0, 0.05) is 0 Å². The summed E-state index contributed by atoms with van der Waals surface area (Å²) < 4.78 is 43.2. The van der Waals surface area contributed by atoms with Gasteiger partial charge in [-0.1, -0.05) is 19.4 Å². The van der Waals surface area contributed by atoms with Gasteiger partial charge in [-0.3, -0.25) is 0 Å². The van der Waals surface area contributed by atoms with Crippen LogP contribution in [-0.4, -0.2) is 12.2 Å². The van der Waals surface area contributed by atoms with Crippen LogP contribution in [0.1, 0.15) is 37.0 Å². The summed E-state index contributed by atoms with van der Waals surface area (Å²) in [5, 5.41) is 9.69. The van der Waals surface area contributed by atoms with Crippen LogP contribution >= 0.6 is 0 Å². The van der Waals surface area contributed by atoms with Crippen molar-refractivity contribution in [3.05, 3.63) is 29.3 Å². The number of ether oxygens (including phenoxy) is 1. The third kappa shape index (κ3) is 3.36. The molecular formula is C12H15F3O2. The summed E-state index contributed by atoms with van der Waals surface area (Å²) in [5.41, 5.74) is -0.932. The smallest absolute Gasteiger partial charge is 0.416 e. The SMILES string of the molecule is CCCC(O)c1ccc(OC)cc1C(F)(F)F. The zero-order valence-corrected chi connectivity index (χ0v) is 9.71. The maximum absolute atomic E-state index is 12.8. The zero-order valence-electron chi connectivity index (χ0n) is 9.71. The summed E-state index contributed by atoms with van der Waals surface area (Å²) in [4.78, 5) is 0. The van der Waals surface area contributed by atoms with Gasteiger partial charge in [-0.15, -0.1) is 0 Å². The van der Waals surface area contributed by atoms with Crippen LogP contribution in [0.5, 0.6) is 5.75 Å². The van der Waals surface area contributed by atoms with E-state index >= 15 is 0 Å². The van der Waals surface area contributed by atoms with Crippen LogP contribution in [0.25, 0.3) is 0 Å². The molecule has 0 spiro atoms. The Labute approximate surface area is 98.0 Å². The van der Waals surface area contributed by atoms with Crippen molar-refractivity contribution >= 4 is 0 Å². The summed E-state index contributed by atoms with van der Waals surface area (Å²) >= 11 is 0. The Bertz CT molecular complexity index is 375. The quantitative estimate of drug-likeness (QED) is 0.883. The molecule has 1 aromatic rings. The largest absolute Gasteiger partial charge is 0.497 e. The van der Waals surface area contributed by atoms with Gasteiger partial charge in [0.1, 0.15) is 5.75 Å². The second-order valence-corrected chi connectivity index (χ2v) is 3.76. The minimum atomic E-state index is -4.49. The molecule has 0 heterocycles. The zero-order chi connectivity index (χ0) is 13.1. The van der Waals surface area contributed by atoms with E-state index < -0.39 is 17.8 Å². The minimum absolute atomic E-state index is 0.0971. The average Bonchev–Trinajstić information content (AvgIpc) is 2.27. The molecule has 0 fully saturated rings. The number of hydrogen-bond acceptors (Lipinski definition) is 2. The van der Waals surface area contributed by atoms with Crippen molar-refractivity contribution in [3.8, 4) is 5.75 Å². The van der Waals surface area contributed by atoms with Crippen molar-refractivity contribution in [2.45, 2.75) is 32.0 Å². The lowest BCUT2D eigenvalue weighted by atomic mass is 9.98. The summed E-state index contributed by atoms with van der Waals surface area (Å²) in [7, 11) is 1.30. The molecule has 17 heavy (non-hydrogen) atoms. The van der Waals surface area contributed by atoms with Gasteiger partial charge in [-0.2, -0.15) is 13.2 Å². The van der Waals surface area contributed by atoms with Crippen LogP contribution < -0.4 is 4.74 Å². The third-order valence-corrected chi connectivity index (χ3v) is 2.49. The van der Waals surface area contributed by atoms with Crippen molar-refractivity contribution in [1.82, 2.24) is 0 Å².